The lowest BCUT2D eigenvalue weighted by molar-refractivity contribution is 0.399. The van der Waals surface area contributed by atoms with Crippen LogP contribution >= 0.6 is 12.2 Å². The minimum atomic E-state index is -0.188. The molecule has 0 atom stereocenters. The lowest BCUT2D eigenvalue weighted by Gasteiger charge is -2.27. The Hall–Kier alpha value is -3.44. The van der Waals surface area contributed by atoms with Gasteiger partial charge in [0.2, 0.25) is 0 Å². The van der Waals surface area contributed by atoms with Crippen LogP contribution in [0.15, 0.2) is 97.2 Å². The summed E-state index contributed by atoms with van der Waals surface area (Å²) in [5, 5.41) is 4.13. The van der Waals surface area contributed by atoms with E-state index in [9.17, 15) is 4.39 Å². The lowest BCUT2D eigenvalue weighted by Crippen LogP contribution is -2.34. The highest BCUT2D eigenvalue weighted by Gasteiger charge is 2.15. The van der Waals surface area contributed by atoms with Crippen LogP contribution < -0.4 is 5.32 Å². The highest BCUT2D eigenvalue weighted by Crippen LogP contribution is 2.19. The average Bonchev–Trinajstić information content (AvgIpc) is 3.27. The number of thiocarbonyl (C=S) groups is 1. The van der Waals surface area contributed by atoms with Gasteiger partial charge in [-0.25, -0.2) is 4.39 Å². The molecule has 0 spiro atoms. The number of para-hydroxylation sites is 1. The largest absolute Gasteiger partial charge is 0.345 e. The van der Waals surface area contributed by atoms with Gasteiger partial charge in [0.15, 0.2) is 5.11 Å². The molecular weight excluding hydrogens is 429 g/mol. The predicted molar refractivity (Wildman–Crippen MR) is 138 cm³/mol. The van der Waals surface area contributed by atoms with Gasteiger partial charge in [0.1, 0.15) is 5.82 Å². The number of hydrogen-bond acceptors (Lipinski definition) is 1. The van der Waals surface area contributed by atoms with E-state index in [-0.39, 0.29) is 5.82 Å². The molecule has 0 saturated heterocycles. The third-order valence-corrected chi connectivity index (χ3v) is 6.08. The smallest absolute Gasteiger partial charge is 0.174 e. The van der Waals surface area contributed by atoms with E-state index in [1.165, 1.54) is 17.2 Å². The van der Waals surface area contributed by atoms with E-state index in [2.05, 4.69) is 52.0 Å². The molecule has 0 aliphatic rings. The zero-order valence-corrected chi connectivity index (χ0v) is 19.6. The van der Waals surface area contributed by atoms with Crippen LogP contribution in [-0.4, -0.2) is 14.6 Å². The van der Waals surface area contributed by atoms with Crippen LogP contribution in [0, 0.1) is 5.82 Å². The molecular formula is C28H28FN3S. The van der Waals surface area contributed by atoms with Gasteiger partial charge in [-0.2, -0.15) is 0 Å². The number of aromatic nitrogens is 1. The van der Waals surface area contributed by atoms with Gasteiger partial charge >= 0.3 is 0 Å². The first kappa shape index (κ1) is 22.7. The summed E-state index contributed by atoms with van der Waals surface area (Å²) in [5.41, 5.74) is 5.18. The summed E-state index contributed by atoms with van der Waals surface area (Å²) in [6.45, 7) is 3.90. The number of aryl methyl sites for hydroxylation is 1. The standard InChI is InChI=1S/C28H28FN3S/c1-2-23-13-7-9-17-27(23)30-28(33)32(19-22-11-4-3-5-12-22)21-25-15-10-18-31(25)20-24-14-6-8-16-26(24)29/h3-18H,2,19-21H2,1H3,(H,30,33). The van der Waals surface area contributed by atoms with Crippen molar-refractivity contribution in [2.24, 2.45) is 0 Å². The fourth-order valence-corrected chi connectivity index (χ4v) is 4.14. The number of nitrogens with zero attached hydrogens (tertiary/aromatic N) is 2. The van der Waals surface area contributed by atoms with E-state index in [1.54, 1.807) is 6.07 Å². The van der Waals surface area contributed by atoms with E-state index in [4.69, 9.17) is 12.2 Å². The summed E-state index contributed by atoms with van der Waals surface area (Å²) in [6.07, 6.45) is 2.92. The Morgan fingerprint density at radius 2 is 1.55 bits per heavy atom. The van der Waals surface area contributed by atoms with Crippen molar-refractivity contribution in [3.05, 3.63) is 125 Å². The fraction of sp³-hybridized carbons (Fsp3) is 0.179. The zero-order chi connectivity index (χ0) is 23.0. The van der Waals surface area contributed by atoms with Crippen LogP contribution in [-0.2, 0) is 26.1 Å². The van der Waals surface area contributed by atoms with E-state index in [0.717, 1.165) is 17.8 Å². The van der Waals surface area contributed by atoms with Crippen LogP contribution in [0.5, 0.6) is 0 Å². The van der Waals surface area contributed by atoms with Gasteiger partial charge in [-0.1, -0.05) is 73.7 Å². The second kappa shape index (κ2) is 10.9. The number of benzene rings is 3. The van der Waals surface area contributed by atoms with Crippen molar-refractivity contribution >= 4 is 23.0 Å². The van der Waals surface area contributed by atoms with E-state index in [1.807, 2.05) is 54.7 Å². The first-order chi connectivity index (χ1) is 16.1. The quantitative estimate of drug-likeness (QED) is 0.300. The highest BCUT2D eigenvalue weighted by atomic mass is 32.1. The molecule has 1 N–H and O–H groups in total. The minimum Gasteiger partial charge on any atom is -0.345 e. The molecule has 0 radical (unpaired) electrons. The normalized spacial score (nSPS) is 10.7. The SMILES string of the molecule is CCc1ccccc1NC(=S)N(Cc1ccccc1)Cc1cccn1Cc1ccccc1F. The van der Waals surface area contributed by atoms with Crippen molar-refractivity contribution in [2.75, 3.05) is 5.32 Å². The Bertz CT molecular complexity index is 1200. The molecule has 0 unspecified atom stereocenters. The number of hydrogen-bond donors (Lipinski definition) is 1. The lowest BCUT2D eigenvalue weighted by atomic mass is 10.1. The second-order valence-electron chi connectivity index (χ2n) is 8.00. The van der Waals surface area contributed by atoms with Crippen molar-refractivity contribution in [3.63, 3.8) is 0 Å². The summed E-state index contributed by atoms with van der Waals surface area (Å²) >= 11 is 5.88. The van der Waals surface area contributed by atoms with Gasteiger partial charge in [-0.15, -0.1) is 0 Å². The summed E-state index contributed by atoms with van der Waals surface area (Å²) < 4.78 is 16.3. The molecule has 4 rings (SSSR count). The number of rotatable bonds is 8. The maximum atomic E-state index is 14.3. The summed E-state index contributed by atoms with van der Waals surface area (Å²) in [5.74, 6) is -0.188. The number of halogens is 1. The van der Waals surface area contributed by atoms with Gasteiger partial charge in [0.25, 0.3) is 0 Å². The van der Waals surface area contributed by atoms with Crippen molar-refractivity contribution in [1.82, 2.24) is 9.47 Å². The maximum Gasteiger partial charge on any atom is 0.174 e. The van der Waals surface area contributed by atoms with Crippen LogP contribution in [0.25, 0.3) is 0 Å². The van der Waals surface area contributed by atoms with Crippen molar-refractivity contribution in [2.45, 2.75) is 33.0 Å². The molecule has 0 amide bonds. The molecule has 0 fully saturated rings. The monoisotopic (exact) mass is 457 g/mol. The molecule has 1 aromatic heterocycles. The minimum absolute atomic E-state index is 0.188. The topological polar surface area (TPSA) is 20.2 Å². The van der Waals surface area contributed by atoms with Crippen molar-refractivity contribution in [3.8, 4) is 0 Å². The van der Waals surface area contributed by atoms with E-state index < -0.39 is 0 Å². The summed E-state index contributed by atoms with van der Waals surface area (Å²) in [7, 11) is 0. The third-order valence-electron chi connectivity index (χ3n) is 5.72. The molecule has 0 bridgehead atoms. The average molecular weight is 458 g/mol. The maximum absolute atomic E-state index is 14.3. The third kappa shape index (κ3) is 5.88. The Balaban J connectivity index is 1.57. The highest BCUT2D eigenvalue weighted by molar-refractivity contribution is 7.80. The van der Waals surface area contributed by atoms with Crippen LogP contribution in [0.1, 0.15) is 29.3 Å². The molecule has 0 aliphatic heterocycles. The molecule has 3 nitrogen and oxygen atoms in total. The van der Waals surface area contributed by atoms with Crippen LogP contribution in [0.2, 0.25) is 0 Å². The van der Waals surface area contributed by atoms with Gasteiger partial charge in [0, 0.05) is 29.7 Å². The van der Waals surface area contributed by atoms with Gasteiger partial charge in [-0.3, -0.25) is 0 Å². The molecule has 0 aliphatic carbocycles. The molecule has 33 heavy (non-hydrogen) atoms. The molecule has 1 heterocycles. The van der Waals surface area contributed by atoms with E-state index >= 15 is 0 Å². The van der Waals surface area contributed by atoms with Crippen molar-refractivity contribution in [1.29, 1.82) is 0 Å². The number of nitrogens with one attached hydrogen (secondary N) is 1. The molecule has 4 aromatic rings. The van der Waals surface area contributed by atoms with Gasteiger partial charge in [0.05, 0.1) is 13.1 Å². The Kier molecular flexibility index (Phi) is 7.53. The Morgan fingerprint density at radius 1 is 0.848 bits per heavy atom. The van der Waals surface area contributed by atoms with E-state index in [0.29, 0.717) is 30.3 Å². The molecule has 0 saturated carbocycles. The predicted octanol–water partition coefficient (Wildman–Crippen LogP) is 6.64. The van der Waals surface area contributed by atoms with Gasteiger partial charge < -0.3 is 14.8 Å². The first-order valence-electron chi connectivity index (χ1n) is 11.2. The Labute approximate surface area is 200 Å². The zero-order valence-electron chi connectivity index (χ0n) is 18.7. The first-order valence-corrected chi connectivity index (χ1v) is 11.6. The van der Waals surface area contributed by atoms with Gasteiger partial charge in [-0.05, 0) is 54.0 Å². The summed E-state index contributed by atoms with van der Waals surface area (Å²) in [6, 6.07) is 29.5. The van der Waals surface area contributed by atoms with Crippen LogP contribution in [0.3, 0.4) is 0 Å². The Morgan fingerprint density at radius 3 is 2.30 bits per heavy atom. The number of anilines is 1. The fourth-order valence-electron chi connectivity index (χ4n) is 3.90. The van der Waals surface area contributed by atoms with Crippen molar-refractivity contribution < 1.29 is 4.39 Å². The summed E-state index contributed by atoms with van der Waals surface area (Å²) in [4.78, 5) is 2.16. The molecule has 5 heteroatoms. The van der Waals surface area contributed by atoms with Crippen LogP contribution in [0.4, 0.5) is 10.1 Å². The second-order valence-corrected chi connectivity index (χ2v) is 8.39. The molecule has 168 valence electrons. The molecule has 3 aromatic carbocycles.